The lowest BCUT2D eigenvalue weighted by atomic mass is 9.77. The molecule has 0 bridgehead atoms. The molecule has 0 atom stereocenters. The first kappa shape index (κ1) is 26.2. The van der Waals surface area contributed by atoms with Gasteiger partial charge in [0.2, 0.25) is 0 Å². The fourth-order valence-electron chi connectivity index (χ4n) is 4.93. The minimum absolute atomic E-state index is 0.0421. The third-order valence-corrected chi connectivity index (χ3v) is 7.67. The third-order valence-electron chi connectivity index (χ3n) is 7.45. The van der Waals surface area contributed by atoms with Gasteiger partial charge < -0.3 is 20.5 Å². The molecule has 0 saturated heterocycles. The van der Waals surface area contributed by atoms with Crippen molar-refractivity contribution in [3.05, 3.63) is 61.3 Å². The Kier molecular flexibility index (Phi) is 8.09. The number of nitrogens with one attached hydrogen (secondary N) is 3. The summed E-state index contributed by atoms with van der Waals surface area (Å²) in [5.74, 6) is -0.826. The number of carbonyl (C=O) groups excluding carboxylic acids is 1. The Balaban J connectivity index is 1.81. The van der Waals surface area contributed by atoms with Gasteiger partial charge in [0.05, 0.1) is 5.69 Å². The number of H-pyrrole nitrogens is 1. The van der Waals surface area contributed by atoms with E-state index in [1.165, 1.54) is 6.92 Å². The van der Waals surface area contributed by atoms with Gasteiger partial charge in [0.1, 0.15) is 5.82 Å². The molecule has 6 nitrogen and oxygen atoms in total. The first-order chi connectivity index (χ1) is 16.0. The molecule has 1 aromatic carbocycles. The van der Waals surface area contributed by atoms with Gasteiger partial charge in [-0.1, -0.05) is 18.5 Å². The van der Waals surface area contributed by atoms with Gasteiger partial charge in [-0.05, 0) is 90.2 Å². The number of benzene rings is 1. The van der Waals surface area contributed by atoms with Gasteiger partial charge in [-0.25, -0.2) is 4.39 Å². The maximum atomic E-state index is 14.2. The Bertz CT molecular complexity index is 1120. The Labute approximate surface area is 206 Å². The van der Waals surface area contributed by atoms with E-state index in [1.807, 2.05) is 13.0 Å². The SMILES string of the molecule is CCC1(Nc2cc(Cl)cc(C(=O)NCc3c(C)c(F)c(C)[nH]c3=O)c2C)CCC(N(C)C)CC1. The quantitative estimate of drug-likeness (QED) is 0.505. The van der Waals surface area contributed by atoms with Crippen molar-refractivity contribution in [1.82, 2.24) is 15.2 Å². The lowest BCUT2D eigenvalue weighted by molar-refractivity contribution is 0.0950. The molecule has 1 aliphatic rings. The normalized spacial score (nSPS) is 20.4. The fraction of sp³-hybridized carbons (Fsp3) is 0.538. The van der Waals surface area contributed by atoms with Crippen LogP contribution < -0.4 is 16.2 Å². The number of aromatic amines is 1. The van der Waals surface area contributed by atoms with E-state index in [2.05, 4.69) is 41.5 Å². The van der Waals surface area contributed by atoms with Crippen molar-refractivity contribution < 1.29 is 9.18 Å². The minimum Gasteiger partial charge on any atom is -0.379 e. The van der Waals surface area contributed by atoms with Gasteiger partial charge in [0, 0.05) is 40.0 Å². The summed E-state index contributed by atoms with van der Waals surface area (Å²) in [5.41, 5.74) is 2.26. The zero-order chi connectivity index (χ0) is 25.2. The van der Waals surface area contributed by atoms with E-state index in [0.717, 1.165) is 43.4 Å². The summed E-state index contributed by atoms with van der Waals surface area (Å²) in [6, 6.07) is 4.08. The average molecular weight is 491 g/mol. The predicted molar refractivity (Wildman–Crippen MR) is 136 cm³/mol. The smallest absolute Gasteiger partial charge is 0.253 e. The summed E-state index contributed by atoms with van der Waals surface area (Å²) in [5, 5.41) is 6.95. The van der Waals surface area contributed by atoms with E-state index in [1.54, 1.807) is 13.0 Å². The number of hydrogen-bond acceptors (Lipinski definition) is 4. The van der Waals surface area contributed by atoms with E-state index in [-0.39, 0.29) is 34.8 Å². The van der Waals surface area contributed by atoms with Crippen LogP contribution >= 0.6 is 11.6 Å². The number of aromatic nitrogens is 1. The topological polar surface area (TPSA) is 77.2 Å². The van der Waals surface area contributed by atoms with E-state index in [4.69, 9.17) is 11.6 Å². The maximum Gasteiger partial charge on any atom is 0.253 e. The van der Waals surface area contributed by atoms with Crippen molar-refractivity contribution in [3.8, 4) is 0 Å². The number of carbonyl (C=O) groups is 1. The van der Waals surface area contributed by atoms with Crippen molar-refractivity contribution in [2.75, 3.05) is 19.4 Å². The maximum absolute atomic E-state index is 14.2. The summed E-state index contributed by atoms with van der Waals surface area (Å²) < 4.78 is 14.2. The number of anilines is 1. The zero-order valence-corrected chi connectivity index (χ0v) is 21.8. The number of amides is 1. The number of aryl methyl sites for hydroxylation is 1. The van der Waals surface area contributed by atoms with E-state index in [0.29, 0.717) is 16.6 Å². The average Bonchev–Trinajstić information content (AvgIpc) is 2.79. The second-order valence-electron chi connectivity index (χ2n) is 9.76. The second kappa shape index (κ2) is 10.5. The number of nitrogens with zero attached hydrogens (tertiary/aromatic N) is 1. The van der Waals surface area contributed by atoms with Crippen molar-refractivity contribution >= 4 is 23.2 Å². The van der Waals surface area contributed by atoms with Crippen LogP contribution in [0.5, 0.6) is 0 Å². The summed E-state index contributed by atoms with van der Waals surface area (Å²) >= 11 is 6.41. The van der Waals surface area contributed by atoms with Gasteiger partial charge in [-0.3, -0.25) is 9.59 Å². The van der Waals surface area contributed by atoms with Crippen LogP contribution in [0.2, 0.25) is 5.02 Å². The number of pyridine rings is 1. The zero-order valence-electron chi connectivity index (χ0n) is 21.0. The molecule has 1 saturated carbocycles. The van der Waals surface area contributed by atoms with Crippen molar-refractivity contribution in [1.29, 1.82) is 0 Å². The van der Waals surface area contributed by atoms with E-state index in [9.17, 15) is 14.0 Å². The molecular formula is C26H36ClFN4O2. The Morgan fingerprint density at radius 2 is 1.85 bits per heavy atom. The summed E-state index contributed by atoms with van der Waals surface area (Å²) in [6.45, 7) is 7.06. The molecule has 2 aromatic rings. The van der Waals surface area contributed by atoms with Crippen LogP contribution in [0.25, 0.3) is 0 Å². The van der Waals surface area contributed by atoms with Crippen LogP contribution in [0.15, 0.2) is 16.9 Å². The predicted octanol–water partition coefficient (Wildman–Crippen LogP) is 5.09. The third kappa shape index (κ3) is 5.47. The highest BCUT2D eigenvalue weighted by Crippen LogP contribution is 2.37. The molecule has 3 rings (SSSR count). The summed E-state index contributed by atoms with van der Waals surface area (Å²) in [6.07, 6.45) is 5.28. The largest absolute Gasteiger partial charge is 0.379 e. The van der Waals surface area contributed by atoms with Gasteiger partial charge in [-0.15, -0.1) is 0 Å². The Hall–Kier alpha value is -2.38. The second-order valence-corrected chi connectivity index (χ2v) is 10.2. The molecule has 0 spiro atoms. The molecule has 1 aliphatic carbocycles. The monoisotopic (exact) mass is 490 g/mol. The standard InChI is InChI=1S/C26H36ClFN4O2/c1-7-26(10-8-19(9-11-26)32(5)6)31-22-13-18(27)12-20(15(22)2)24(33)29-14-21-16(3)23(28)17(4)30-25(21)34/h12-13,19,31H,7-11,14H2,1-6H3,(H,29,33)(H,30,34). The molecule has 1 aromatic heterocycles. The number of rotatable bonds is 7. The molecule has 1 amide bonds. The highest BCUT2D eigenvalue weighted by atomic mass is 35.5. The minimum atomic E-state index is -0.469. The molecule has 0 aliphatic heterocycles. The molecule has 186 valence electrons. The van der Waals surface area contributed by atoms with Crippen LogP contribution in [0.4, 0.5) is 10.1 Å². The highest BCUT2D eigenvalue weighted by Gasteiger charge is 2.35. The molecule has 34 heavy (non-hydrogen) atoms. The molecule has 3 N–H and O–H groups in total. The fourth-order valence-corrected chi connectivity index (χ4v) is 5.15. The van der Waals surface area contributed by atoms with Crippen molar-refractivity contribution in [2.24, 2.45) is 0 Å². The first-order valence-corrected chi connectivity index (χ1v) is 12.3. The molecule has 1 fully saturated rings. The molecule has 8 heteroatoms. The van der Waals surface area contributed by atoms with Crippen LogP contribution in [-0.4, -0.2) is 41.5 Å². The highest BCUT2D eigenvalue weighted by molar-refractivity contribution is 6.31. The van der Waals surface area contributed by atoms with Crippen molar-refractivity contribution in [3.63, 3.8) is 0 Å². The van der Waals surface area contributed by atoms with Crippen molar-refractivity contribution in [2.45, 2.75) is 77.9 Å². The van der Waals surface area contributed by atoms with Gasteiger partial charge in [0.15, 0.2) is 0 Å². The van der Waals surface area contributed by atoms with E-state index < -0.39 is 11.4 Å². The number of halogens is 2. The van der Waals surface area contributed by atoms with Crippen LogP contribution in [0.3, 0.4) is 0 Å². The molecule has 0 radical (unpaired) electrons. The van der Waals surface area contributed by atoms with E-state index >= 15 is 0 Å². The lowest BCUT2D eigenvalue weighted by Gasteiger charge is -2.43. The van der Waals surface area contributed by atoms with Gasteiger partial charge >= 0.3 is 0 Å². The lowest BCUT2D eigenvalue weighted by Crippen LogP contribution is -2.45. The van der Waals surface area contributed by atoms with Crippen LogP contribution in [-0.2, 0) is 6.54 Å². The van der Waals surface area contributed by atoms with Gasteiger partial charge in [-0.2, -0.15) is 0 Å². The Morgan fingerprint density at radius 3 is 2.44 bits per heavy atom. The van der Waals surface area contributed by atoms with Crippen LogP contribution in [0, 0.1) is 26.6 Å². The molecule has 1 heterocycles. The molecular weight excluding hydrogens is 455 g/mol. The summed E-state index contributed by atoms with van der Waals surface area (Å²) in [4.78, 5) is 30.1. The molecule has 0 unspecified atom stereocenters. The van der Waals surface area contributed by atoms with Crippen LogP contribution in [0.1, 0.15) is 71.8 Å². The first-order valence-electron chi connectivity index (χ1n) is 11.9. The van der Waals surface area contributed by atoms with Gasteiger partial charge in [0.25, 0.3) is 11.5 Å². The summed E-state index contributed by atoms with van der Waals surface area (Å²) in [7, 11) is 4.26. The number of hydrogen-bond donors (Lipinski definition) is 3. The Morgan fingerprint density at radius 1 is 1.21 bits per heavy atom.